The minimum absolute atomic E-state index is 0.0981. The van der Waals surface area contributed by atoms with Crippen molar-refractivity contribution in [1.82, 2.24) is 4.68 Å². The van der Waals surface area contributed by atoms with Crippen LogP contribution in [0.4, 0.5) is 0 Å². The highest BCUT2D eigenvalue weighted by molar-refractivity contribution is 5.88. The lowest BCUT2D eigenvalue weighted by Gasteiger charge is -2.08. The second-order valence-electron chi connectivity index (χ2n) is 3.89. The molecule has 0 aliphatic rings. The third kappa shape index (κ3) is 2.15. The van der Waals surface area contributed by atoms with Crippen molar-refractivity contribution in [2.24, 2.45) is 0 Å². The van der Waals surface area contributed by atoms with Crippen molar-refractivity contribution >= 4 is 5.97 Å². The topological polar surface area (TPSA) is 77.5 Å². The predicted molar refractivity (Wildman–Crippen MR) is 67.3 cm³/mol. The van der Waals surface area contributed by atoms with Crippen LogP contribution >= 0.6 is 0 Å². The van der Waals surface area contributed by atoms with Gasteiger partial charge in [0.1, 0.15) is 5.75 Å². The monoisotopic (exact) mass is 246 g/mol. The van der Waals surface area contributed by atoms with Crippen LogP contribution in [0.5, 0.6) is 5.75 Å². The number of rotatable bonds is 4. The first kappa shape index (κ1) is 12.0. The van der Waals surface area contributed by atoms with Crippen LogP contribution < -0.4 is 10.6 Å². The van der Waals surface area contributed by atoms with Crippen LogP contribution in [-0.4, -0.2) is 22.9 Å². The second kappa shape index (κ2) is 4.83. The summed E-state index contributed by atoms with van der Waals surface area (Å²) in [5.41, 5.74) is 1.68. The first-order valence-electron chi connectivity index (χ1n) is 5.44. The Morgan fingerprint density at radius 2 is 2.06 bits per heavy atom. The van der Waals surface area contributed by atoms with Gasteiger partial charge in [0.15, 0.2) is 5.69 Å². The lowest BCUT2D eigenvalue weighted by Crippen LogP contribution is -2.16. The smallest absolute Gasteiger partial charge is 0.354 e. The molecule has 0 aliphatic carbocycles. The lowest BCUT2D eigenvalue weighted by molar-refractivity contribution is 0.0686. The van der Waals surface area contributed by atoms with Gasteiger partial charge in [-0.05, 0) is 23.3 Å². The average Bonchev–Trinajstić information content (AvgIpc) is 2.71. The molecule has 0 aliphatic heterocycles. The number of carbonyl (C=O) groups is 1. The van der Waals surface area contributed by atoms with Crippen molar-refractivity contribution in [1.29, 1.82) is 0 Å². The summed E-state index contributed by atoms with van der Waals surface area (Å²) in [6.07, 6.45) is 2.00. The van der Waals surface area contributed by atoms with E-state index in [-0.39, 0.29) is 5.69 Å². The van der Waals surface area contributed by atoms with Gasteiger partial charge in [-0.3, -0.25) is 4.68 Å². The summed E-state index contributed by atoms with van der Waals surface area (Å²) in [5.74, 6) is 5.27. The Kier molecular flexibility index (Phi) is 3.23. The quantitative estimate of drug-likeness (QED) is 0.801. The fourth-order valence-electron chi connectivity index (χ4n) is 1.93. The Morgan fingerprint density at radius 1 is 1.33 bits per heavy atom. The van der Waals surface area contributed by atoms with Gasteiger partial charge in [-0.25, -0.2) is 4.79 Å². The molecule has 5 nitrogen and oxygen atoms in total. The fraction of sp³-hybridized carbons (Fsp3) is 0.154. The zero-order valence-corrected chi connectivity index (χ0v) is 9.96. The summed E-state index contributed by atoms with van der Waals surface area (Å²) in [7, 11) is 1.59. The lowest BCUT2D eigenvalue weighted by atomic mass is 10.0. The first-order chi connectivity index (χ1) is 8.63. The molecule has 5 heteroatoms. The van der Waals surface area contributed by atoms with Crippen LogP contribution in [0.3, 0.4) is 0 Å². The fourth-order valence-corrected chi connectivity index (χ4v) is 1.93. The highest BCUT2D eigenvalue weighted by Gasteiger charge is 2.16. The summed E-state index contributed by atoms with van der Waals surface area (Å²) >= 11 is 0. The minimum Gasteiger partial charge on any atom is -0.496 e. The summed E-state index contributed by atoms with van der Waals surface area (Å²) in [6, 6.07) is 9.20. The molecule has 18 heavy (non-hydrogen) atoms. The van der Waals surface area contributed by atoms with E-state index in [4.69, 9.17) is 15.7 Å². The number of hydrogen-bond donors (Lipinski definition) is 2. The van der Waals surface area contributed by atoms with Crippen LogP contribution in [0.15, 0.2) is 36.5 Å². The molecule has 2 aromatic rings. The highest BCUT2D eigenvalue weighted by Crippen LogP contribution is 2.22. The van der Waals surface area contributed by atoms with Gasteiger partial charge in [-0.2, -0.15) is 0 Å². The Labute approximate surface area is 104 Å². The molecule has 0 radical (unpaired) electrons. The van der Waals surface area contributed by atoms with E-state index in [2.05, 4.69) is 0 Å². The number of aromatic nitrogens is 1. The molecule has 0 spiro atoms. The van der Waals surface area contributed by atoms with Crippen LogP contribution in [-0.2, 0) is 6.42 Å². The maximum atomic E-state index is 11.1. The average molecular weight is 246 g/mol. The maximum absolute atomic E-state index is 11.1. The van der Waals surface area contributed by atoms with E-state index in [1.54, 1.807) is 13.2 Å². The van der Waals surface area contributed by atoms with Crippen LogP contribution in [0, 0.1) is 0 Å². The Hall–Kier alpha value is -2.43. The maximum Gasteiger partial charge on any atom is 0.354 e. The van der Waals surface area contributed by atoms with Crippen molar-refractivity contribution in [3.63, 3.8) is 0 Å². The highest BCUT2D eigenvalue weighted by atomic mass is 16.5. The van der Waals surface area contributed by atoms with Crippen molar-refractivity contribution in [3.05, 3.63) is 53.3 Å². The number of hydrogen-bond acceptors (Lipinski definition) is 3. The number of nitrogens with two attached hydrogens (primary N) is 1. The van der Waals surface area contributed by atoms with Gasteiger partial charge in [-0.1, -0.05) is 18.2 Å². The molecule has 0 unspecified atom stereocenters. The number of nitrogen functional groups attached to an aromatic ring is 1. The number of benzene rings is 1. The van der Waals surface area contributed by atoms with E-state index in [0.29, 0.717) is 12.0 Å². The molecule has 0 amide bonds. The molecule has 2 rings (SSSR count). The van der Waals surface area contributed by atoms with E-state index in [1.807, 2.05) is 24.3 Å². The summed E-state index contributed by atoms with van der Waals surface area (Å²) in [4.78, 5) is 11.1. The van der Waals surface area contributed by atoms with Gasteiger partial charge < -0.3 is 15.7 Å². The van der Waals surface area contributed by atoms with Gasteiger partial charge in [0.05, 0.1) is 7.11 Å². The zero-order valence-electron chi connectivity index (χ0n) is 9.96. The van der Waals surface area contributed by atoms with Crippen molar-refractivity contribution < 1.29 is 14.6 Å². The standard InChI is InChI=1S/C13H14N2O3/c1-18-11-5-3-2-4-9(11)8-10-6-7-15(14)12(10)13(16)17/h2-7H,8,14H2,1H3,(H,16,17). The predicted octanol–water partition coefficient (Wildman–Crippen LogP) is 1.50. The molecule has 1 aromatic carbocycles. The van der Waals surface area contributed by atoms with E-state index in [0.717, 1.165) is 16.0 Å². The summed E-state index contributed by atoms with van der Waals surface area (Å²) < 4.78 is 6.36. The number of aromatic carboxylic acids is 1. The van der Waals surface area contributed by atoms with Crippen molar-refractivity contribution in [3.8, 4) is 5.75 Å². The molecule has 1 aromatic heterocycles. The van der Waals surface area contributed by atoms with Gasteiger partial charge in [0.2, 0.25) is 0 Å². The minimum atomic E-state index is -1.03. The van der Waals surface area contributed by atoms with E-state index in [1.165, 1.54) is 6.20 Å². The zero-order chi connectivity index (χ0) is 13.1. The number of carboxylic acids is 1. The molecule has 3 N–H and O–H groups in total. The third-order valence-corrected chi connectivity index (χ3v) is 2.77. The van der Waals surface area contributed by atoms with Gasteiger partial charge >= 0.3 is 5.97 Å². The molecular formula is C13H14N2O3. The molecule has 0 atom stereocenters. The molecule has 0 saturated heterocycles. The van der Waals surface area contributed by atoms with E-state index < -0.39 is 5.97 Å². The van der Waals surface area contributed by atoms with Crippen LogP contribution in [0.25, 0.3) is 0 Å². The van der Waals surface area contributed by atoms with Gasteiger partial charge in [-0.15, -0.1) is 0 Å². The number of para-hydroxylation sites is 1. The van der Waals surface area contributed by atoms with Crippen LogP contribution in [0.1, 0.15) is 21.6 Å². The molecular weight excluding hydrogens is 232 g/mol. The largest absolute Gasteiger partial charge is 0.496 e. The summed E-state index contributed by atoms with van der Waals surface area (Å²) in [6.45, 7) is 0. The Morgan fingerprint density at radius 3 is 2.72 bits per heavy atom. The first-order valence-corrected chi connectivity index (χ1v) is 5.44. The molecule has 0 fully saturated rings. The van der Waals surface area contributed by atoms with Gasteiger partial charge in [0, 0.05) is 12.6 Å². The Balaban J connectivity index is 2.37. The number of ether oxygens (including phenoxy) is 1. The van der Waals surface area contributed by atoms with Crippen molar-refractivity contribution in [2.75, 3.05) is 13.0 Å². The number of methoxy groups -OCH3 is 1. The SMILES string of the molecule is COc1ccccc1Cc1ccn(N)c1C(=O)O. The normalized spacial score (nSPS) is 10.3. The van der Waals surface area contributed by atoms with Gasteiger partial charge in [0.25, 0.3) is 0 Å². The van der Waals surface area contributed by atoms with Crippen molar-refractivity contribution in [2.45, 2.75) is 6.42 Å². The number of nitrogens with zero attached hydrogens (tertiary/aromatic N) is 1. The second-order valence-corrected chi connectivity index (χ2v) is 3.89. The molecule has 1 heterocycles. The molecule has 0 saturated carbocycles. The van der Waals surface area contributed by atoms with E-state index in [9.17, 15) is 4.79 Å². The van der Waals surface area contributed by atoms with Crippen LogP contribution in [0.2, 0.25) is 0 Å². The number of carboxylic acid groups (broad SMARTS) is 1. The third-order valence-electron chi connectivity index (χ3n) is 2.77. The molecule has 94 valence electrons. The summed E-state index contributed by atoms with van der Waals surface area (Å²) in [5, 5.41) is 9.11. The molecule has 0 bridgehead atoms. The Bertz CT molecular complexity index is 575. The van der Waals surface area contributed by atoms with E-state index >= 15 is 0 Å².